The normalized spacial score (nSPS) is 15.4. The van der Waals surface area contributed by atoms with Crippen LogP contribution in [0.1, 0.15) is 80.4 Å². The van der Waals surface area contributed by atoms with E-state index in [0.717, 1.165) is 18.4 Å². The first kappa shape index (κ1) is 29.4. The Balaban J connectivity index is 1.47. The molecule has 1 unspecified atom stereocenters. The Hall–Kier alpha value is -4.54. The number of carbonyl (C=O) groups is 2. The van der Waals surface area contributed by atoms with Crippen molar-refractivity contribution < 1.29 is 14.3 Å². The molecule has 11 nitrogen and oxygen atoms in total. The van der Waals surface area contributed by atoms with Crippen LogP contribution in [-0.2, 0) is 4.74 Å². The summed E-state index contributed by atoms with van der Waals surface area (Å²) in [5, 5.41) is 15.1. The van der Waals surface area contributed by atoms with Gasteiger partial charge >= 0.3 is 6.09 Å². The molecule has 216 valence electrons. The fraction of sp³-hybridized carbons (Fsp3) is 0.400. The molecule has 1 fully saturated rings. The number of nitrogen functional groups attached to an aromatic ring is 1. The molecule has 2 amide bonds. The monoisotopic (exact) mass is 558 g/mol. The minimum atomic E-state index is -0.577. The third-order valence-corrected chi connectivity index (χ3v) is 6.67. The Morgan fingerprint density at radius 2 is 1.80 bits per heavy atom. The van der Waals surface area contributed by atoms with Crippen molar-refractivity contribution in [3.63, 3.8) is 0 Å². The van der Waals surface area contributed by atoms with E-state index in [9.17, 15) is 9.59 Å². The molecule has 3 heterocycles. The number of ether oxygens (including phenoxy) is 1. The smallest absolute Gasteiger partial charge is 0.410 e. The summed E-state index contributed by atoms with van der Waals surface area (Å²) in [5.74, 6) is 1.07. The molecule has 3 aromatic rings. The second-order valence-electron chi connectivity index (χ2n) is 11.4. The summed E-state index contributed by atoms with van der Waals surface area (Å²) in [5.41, 5.74) is 8.17. The zero-order chi connectivity index (χ0) is 29.7. The van der Waals surface area contributed by atoms with Crippen molar-refractivity contribution in [2.75, 3.05) is 29.5 Å². The summed E-state index contributed by atoms with van der Waals surface area (Å²) < 4.78 is 5.54. The van der Waals surface area contributed by atoms with Gasteiger partial charge in [0.15, 0.2) is 0 Å². The lowest BCUT2D eigenvalue weighted by atomic mass is 10.0. The second kappa shape index (κ2) is 12.3. The van der Waals surface area contributed by atoms with Crippen LogP contribution in [-0.4, -0.2) is 62.3 Å². The van der Waals surface area contributed by atoms with Gasteiger partial charge in [-0.3, -0.25) is 10.2 Å². The van der Waals surface area contributed by atoms with Crippen molar-refractivity contribution in [3.8, 4) is 0 Å². The van der Waals surface area contributed by atoms with Gasteiger partial charge in [-0.2, -0.15) is 0 Å². The standard InChI is InChI=1S/C30H38N8O3/c1-18(2)21-12-13-33-23(15-21)37-28(39)20-10-8-19(9-11-20)25(31)24-26(32)34-17-35-27(24)36-22-7-6-14-38(16-22)29(40)41-30(3,4)5/h8-13,15,17-18,22,31H,6-7,14,16H2,1-5H3,(H,33,37,39)(H3,32,34,35,36). The van der Waals surface area contributed by atoms with Crippen molar-refractivity contribution in [2.45, 2.75) is 65.0 Å². The summed E-state index contributed by atoms with van der Waals surface area (Å²) in [4.78, 5) is 39.8. The molecule has 0 radical (unpaired) electrons. The number of nitrogens with zero attached hydrogens (tertiary/aromatic N) is 4. The lowest BCUT2D eigenvalue weighted by Gasteiger charge is -2.34. The first-order valence-corrected chi connectivity index (χ1v) is 13.7. The molecule has 1 aromatic carbocycles. The van der Waals surface area contributed by atoms with Gasteiger partial charge < -0.3 is 26.0 Å². The van der Waals surface area contributed by atoms with Crippen LogP contribution in [0.2, 0.25) is 0 Å². The van der Waals surface area contributed by atoms with Crippen LogP contribution in [0.3, 0.4) is 0 Å². The van der Waals surface area contributed by atoms with E-state index in [1.807, 2.05) is 32.9 Å². The number of carbonyl (C=O) groups excluding carboxylic acids is 2. The van der Waals surface area contributed by atoms with Crippen molar-refractivity contribution in [1.82, 2.24) is 19.9 Å². The zero-order valence-corrected chi connectivity index (χ0v) is 24.2. The van der Waals surface area contributed by atoms with E-state index >= 15 is 0 Å². The number of rotatable bonds is 7. The molecule has 0 saturated carbocycles. The average Bonchev–Trinajstić information content (AvgIpc) is 2.92. The number of nitrogens with two attached hydrogens (primary N) is 1. The average molecular weight is 559 g/mol. The number of amides is 2. The van der Waals surface area contributed by atoms with Gasteiger partial charge in [0, 0.05) is 36.5 Å². The van der Waals surface area contributed by atoms with E-state index in [1.165, 1.54) is 6.33 Å². The molecule has 11 heteroatoms. The number of hydrogen-bond donors (Lipinski definition) is 4. The van der Waals surface area contributed by atoms with E-state index in [4.69, 9.17) is 15.9 Å². The Morgan fingerprint density at radius 3 is 2.49 bits per heavy atom. The van der Waals surface area contributed by atoms with Crippen LogP contribution in [0.15, 0.2) is 48.9 Å². The summed E-state index contributed by atoms with van der Waals surface area (Å²) in [7, 11) is 0. The largest absolute Gasteiger partial charge is 0.444 e. The molecule has 2 aromatic heterocycles. The van der Waals surface area contributed by atoms with Crippen LogP contribution < -0.4 is 16.4 Å². The van der Waals surface area contributed by atoms with Gasteiger partial charge in [-0.15, -0.1) is 0 Å². The zero-order valence-electron chi connectivity index (χ0n) is 24.2. The number of hydrogen-bond acceptors (Lipinski definition) is 9. The van der Waals surface area contributed by atoms with E-state index in [0.29, 0.717) is 47.3 Å². The van der Waals surface area contributed by atoms with Gasteiger partial charge in [0.25, 0.3) is 5.91 Å². The van der Waals surface area contributed by atoms with Crippen molar-refractivity contribution in [3.05, 3.63) is 71.2 Å². The highest BCUT2D eigenvalue weighted by atomic mass is 16.6. The van der Waals surface area contributed by atoms with E-state index in [2.05, 4.69) is 39.4 Å². The minimum Gasteiger partial charge on any atom is -0.444 e. The topological polar surface area (TPSA) is 159 Å². The quantitative estimate of drug-likeness (QED) is 0.293. The molecule has 1 atom stereocenters. The molecule has 4 rings (SSSR count). The Kier molecular flexibility index (Phi) is 8.85. The first-order chi connectivity index (χ1) is 19.4. The van der Waals surface area contributed by atoms with Crippen molar-refractivity contribution in [2.24, 2.45) is 0 Å². The van der Waals surface area contributed by atoms with Crippen LogP contribution in [0.25, 0.3) is 0 Å². The second-order valence-corrected chi connectivity index (χ2v) is 11.4. The van der Waals surface area contributed by atoms with Gasteiger partial charge in [0.1, 0.15) is 29.4 Å². The summed E-state index contributed by atoms with van der Waals surface area (Å²) in [6.07, 6.45) is 4.28. The predicted molar refractivity (Wildman–Crippen MR) is 160 cm³/mol. The van der Waals surface area contributed by atoms with Gasteiger partial charge in [-0.05, 0) is 69.4 Å². The molecule has 0 spiro atoms. The number of anilines is 3. The highest BCUT2D eigenvalue weighted by Crippen LogP contribution is 2.25. The van der Waals surface area contributed by atoms with E-state index < -0.39 is 5.60 Å². The van der Waals surface area contributed by atoms with E-state index in [-0.39, 0.29) is 29.6 Å². The fourth-order valence-electron chi connectivity index (χ4n) is 4.53. The maximum Gasteiger partial charge on any atom is 0.410 e. The first-order valence-electron chi connectivity index (χ1n) is 13.7. The van der Waals surface area contributed by atoms with Crippen LogP contribution >= 0.6 is 0 Å². The van der Waals surface area contributed by atoms with Crippen LogP contribution in [0.5, 0.6) is 0 Å². The summed E-state index contributed by atoms with van der Waals surface area (Å²) in [6.45, 7) is 10.7. The minimum absolute atomic E-state index is 0.106. The number of likely N-dealkylation sites (tertiary alicyclic amines) is 1. The van der Waals surface area contributed by atoms with Gasteiger partial charge in [0.05, 0.1) is 11.3 Å². The van der Waals surface area contributed by atoms with Gasteiger partial charge in [-0.1, -0.05) is 26.0 Å². The Labute approximate surface area is 240 Å². The molecular weight excluding hydrogens is 520 g/mol. The van der Waals surface area contributed by atoms with Crippen LogP contribution in [0.4, 0.5) is 22.2 Å². The molecule has 1 aliphatic heterocycles. The van der Waals surface area contributed by atoms with Crippen molar-refractivity contribution in [1.29, 1.82) is 5.41 Å². The highest BCUT2D eigenvalue weighted by molar-refractivity contribution is 6.16. The third-order valence-electron chi connectivity index (χ3n) is 6.67. The SMILES string of the molecule is CC(C)c1ccnc(NC(=O)c2ccc(C(=N)c3c(N)ncnc3NC3CCCN(C(=O)OC(C)(C)C)C3)cc2)c1. The molecular formula is C30H38N8O3. The molecule has 41 heavy (non-hydrogen) atoms. The predicted octanol–water partition coefficient (Wildman–Crippen LogP) is 5.06. The molecule has 1 aliphatic rings. The maximum absolute atomic E-state index is 12.8. The summed E-state index contributed by atoms with van der Waals surface area (Å²) in [6, 6.07) is 10.4. The Morgan fingerprint density at radius 1 is 1.10 bits per heavy atom. The van der Waals surface area contributed by atoms with E-state index in [1.54, 1.807) is 35.4 Å². The lowest BCUT2D eigenvalue weighted by Crippen LogP contribution is -2.47. The lowest BCUT2D eigenvalue weighted by molar-refractivity contribution is 0.0206. The number of pyridine rings is 1. The summed E-state index contributed by atoms with van der Waals surface area (Å²) >= 11 is 0. The Bertz CT molecular complexity index is 1420. The van der Waals surface area contributed by atoms with Gasteiger partial charge in [-0.25, -0.2) is 19.7 Å². The maximum atomic E-state index is 12.8. The van der Waals surface area contributed by atoms with Crippen LogP contribution in [0, 0.1) is 5.41 Å². The number of aromatic nitrogens is 3. The number of benzene rings is 1. The number of piperidine rings is 1. The third kappa shape index (κ3) is 7.56. The molecule has 1 saturated heterocycles. The van der Waals surface area contributed by atoms with Crippen molar-refractivity contribution >= 4 is 35.2 Å². The van der Waals surface area contributed by atoms with Gasteiger partial charge in [0.2, 0.25) is 0 Å². The highest BCUT2D eigenvalue weighted by Gasteiger charge is 2.29. The molecule has 5 N–H and O–H groups in total. The fourth-order valence-corrected chi connectivity index (χ4v) is 4.53. The number of nitrogens with one attached hydrogen (secondary N) is 3. The molecule has 0 aliphatic carbocycles. The molecule has 0 bridgehead atoms.